The van der Waals surface area contributed by atoms with Gasteiger partial charge in [0.25, 0.3) is 0 Å². The lowest BCUT2D eigenvalue weighted by Gasteiger charge is -2.24. The van der Waals surface area contributed by atoms with E-state index in [1.54, 1.807) is 24.3 Å². The van der Waals surface area contributed by atoms with Gasteiger partial charge in [0.1, 0.15) is 19.8 Å². The van der Waals surface area contributed by atoms with E-state index in [0.717, 1.165) is 22.8 Å². The lowest BCUT2D eigenvalue weighted by Crippen LogP contribution is -2.13. The maximum Gasteiger partial charge on any atom is 0.339 e. The van der Waals surface area contributed by atoms with Crippen molar-refractivity contribution in [2.24, 2.45) is 0 Å². The summed E-state index contributed by atoms with van der Waals surface area (Å²) in [4.78, 5) is 26.6. The van der Waals surface area contributed by atoms with Crippen molar-refractivity contribution in [2.45, 2.75) is 26.2 Å². The molecule has 0 amide bonds. The highest BCUT2D eigenvalue weighted by Gasteiger charge is 2.34. The van der Waals surface area contributed by atoms with Crippen molar-refractivity contribution in [1.29, 1.82) is 0 Å². The van der Waals surface area contributed by atoms with Gasteiger partial charge in [0, 0.05) is 17.5 Å². The largest absolute Gasteiger partial charge is 0.504 e. The number of fused-ring (bicyclic) bond motifs is 5. The fraction of sp³-hybridized carbons (Fsp3) is 0.188. The number of hydrogen-bond acceptors (Lipinski definition) is 10. The van der Waals surface area contributed by atoms with Crippen LogP contribution >= 0.6 is 0 Å². The molecule has 4 aromatic rings. The summed E-state index contributed by atoms with van der Waals surface area (Å²) in [6, 6.07) is 18.9. The van der Waals surface area contributed by atoms with E-state index in [-0.39, 0.29) is 79.0 Å². The van der Waals surface area contributed by atoms with Gasteiger partial charge in [0.2, 0.25) is 11.5 Å². The van der Waals surface area contributed by atoms with Crippen LogP contribution in [0.1, 0.15) is 43.8 Å². The molecule has 10 heteroatoms. The van der Waals surface area contributed by atoms with E-state index in [1.165, 1.54) is 6.07 Å². The Bertz CT molecular complexity index is 1680. The molecule has 0 spiro atoms. The molecule has 214 valence electrons. The van der Waals surface area contributed by atoms with Crippen LogP contribution in [0.5, 0.6) is 34.5 Å². The summed E-state index contributed by atoms with van der Waals surface area (Å²) in [5, 5.41) is 34.0. The molecule has 3 N–H and O–H groups in total. The number of hydrogen-bond donors (Lipinski definition) is 3. The van der Waals surface area contributed by atoms with Gasteiger partial charge < -0.3 is 39.0 Å². The summed E-state index contributed by atoms with van der Waals surface area (Å²) in [6.07, 6.45) is 0.200. The summed E-state index contributed by atoms with van der Waals surface area (Å²) in [5.74, 6) is -3.96. The Morgan fingerprint density at radius 1 is 0.690 bits per heavy atom. The maximum absolute atomic E-state index is 13.4. The Kier molecular flexibility index (Phi) is 7.18. The quantitative estimate of drug-likeness (QED) is 0.280. The van der Waals surface area contributed by atoms with Crippen molar-refractivity contribution in [2.75, 3.05) is 13.2 Å². The average molecular weight is 571 g/mol. The number of phenols is 3. The van der Waals surface area contributed by atoms with Crippen LogP contribution < -0.4 is 14.2 Å². The van der Waals surface area contributed by atoms with Gasteiger partial charge in [-0.05, 0) is 28.8 Å². The second kappa shape index (κ2) is 11.2. The summed E-state index contributed by atoms with van der Waals surface area (Å²) in [7, 11) is 0. The van der Waals surface area contributed by atoms with E-state index in [1.807, 2.05) is 30.3 Å². The minimum atomic E-state index is -0.900. The van der Waals surface area contributed by atoms with E-state index < -0.39 is 29.2 Å². The van der Waals surface area contributed by atoms with Crippen molar-refractivity contribution < 1.29 is 48.6 Å². The molecule has 0 unspecified atom stereocenters. The molecule has 0 saturated carbocycles. The van der Waals surface area contributed by atoms with Crippen LogP contribution in [0.25, 0.3) is 11.1 Å². The van der Waals surface area contributed by atoms with Crippen molar-refractivity contribution in [1.82, 2.24) is 0 Å². The van der Waals surface area contributed by atoms with Gasteiger partial charge >= 0.3 is 11.9 Å². The smallest absolute Gasteiger partial charge is 0.339 e. The first kappa shape index (κ1) is 26.8. The van der Waals surface area contributed by atoms with Crippen LogP contribution in [-0.4, -0.2) is 40.5 Å². The third-order valence-electron chi connectivity index (χ3n) is 7.00. The Morgan fingerprint density at radius 2 is 1.29 bits per heavy atom. The molecule has 0 aliphatic carbocycles. The number of cyclic esters (lactones) is 2. The van der Waals surface area contributed by atoms with Gasteiger partial charge in [-0.2, -0.15) is 0 Å². The summed E-state index contributed by atoms with van der Waals surface area (Å²) in [6.45, 7) is 0.00690. The number of carbonyl (C=O) groups is 2. The van der Waals surface area contributed by atoms with Crippen LogP contribution in [0.15, 0.2) is 66.7 Å². The maximum atomic E-state index is 13.4. The van der Waals surface area contributed by atoms with Crippen LogP contribution in [0.2, 0.25) is 0 Å². The summed E-state index contributed by atoms with van der Waals surface area (Å²) >= 11 is 0. The third kappa shape index (κ3) is 4.98. The van der Waals surface area contributed by atoms with Gasteiger partial charge in [0.05, 0.1) is 24.3 Å². The lowest BCUT2D eigenvalue weighted by molar-refractivity contribution is 0.0398. The van der Waals surface area contributed by atoms with Gasteiger partial charge in [-0.3, -0.25) is 0 Å². The molecule has 10 nitrogen and oxygen atoms in total. The number of esters is 2. The summed E-state index contributed by atoms with van der Waals surface area (Å²) < 4.78 is 28.4. The first-order valence-corrected chi connectivity index (χ1v) is 13.2. The summed E-state index contributed by atoms with van der Waals surface area (Å²) in [5.41, 5.74) is 1.35. The Morgan fingerprint density at radius 3 is 1.98 bits per heavy atom. The zero-order valence-electron chi connectivity index (χ0n) is 22.3. The molecule has 0 radical (unpaired) electrons. The molecule has 0 atom stereocenters. The van der Waals surface area contributed by atoms with E-state index in [0.29, 0.717) is 0 Å². The normalized spacial score (nSPS) is 14.5. The van der Waals surface area contributed by atoms with Crippen LogP contribution in [0.4, 0.5) is 0 Å². The van der Waals surface area contributed by atoms with Gasteiger partial charge in [-0.15, -0.1) is 0 Å². The molecule has 0 fully saturated rings. The number of rotatable bonds is 3. The number of benzene rings is 4. The number of aromatic hydroxyl groups is 3. The highest BCUT2D eigenvalue weighted by atomic mass is 16.5. The SMILES string of the molecule is O=C1OCCCOC(=O)c2cc3c(c(O)c2-c2c1cc(O)c(OCc1ccccc1)c2O)OCc1ccccc1CO3. The fourth-order valence-electron chi connectivity index (χ4n) is 4.90. The first-order chi connectivity index (χ1) is 20.4. The zero-order valence-corrected chi connectivity index (χ0v) is 22.3. The molecule has 2 aliphatic rings. The van der Waals surface area contributed by atoms with Crippen molar-refractivity contribution in [3.05, 3.63) is 94.5 Å². The van der Waals surface area contributed by atoms with E-state index in [9.17, 15) is 24.9 Å². The molecule has 2 heterocycles. The number of ether oxygens (including phenoxy) is 5. The predicted molar refractivity (Wildman–Crippen MR) is 148 cm³/mol. The highest BCUT2D eigenvalue weighted by Crippen LogP contribution is 2.54. The van der Waals surface area contributed by atoms with Gasteiger partial charge in [0.15, 0.2) is 23.0 Å². The first-order valence-electron chi connectivity index (χ1n) is 13.2. The third-order valence-corrected chi connectivity index (χ3v) is 7.00. The molecule has 0 saturated heterocycles. The average Bonchev–Trinajstić information content (AvgIpc) is 3.00. The fourth-order valence-corrected chi connectivity index (χ4v) is 4.90. The lowest BCUT2D eigenvalue weighted by atomic mass is 9.91. The molecule has 2 aliphatic heterocycles. The molecular formula is C32H26O10. The minimum Gasteiger partial charge on any atom is -0.504 e. The number of carbonyl (C=O) groups excluding carboxylic acids is 2. The number of phenolic OH excluding ortho intramolecular Hbond substituents is 3. The zero-order chi connectivity index (χ0) is 29.2. The highest BCUT2D eigenvalue weighted by molar-refractivity contribution is 6.08. The minimum absolute atomic E-state index is 0.0351. The standard InChI is InChI=1S/C32H26O10/c33-23-13-21-25(27(34)29(23)41-15-18-7-2-1-3-8-18)26-22(32(37)39-12-6-11-38-31(21)36)14-24-30(28(26)35)42-17-20-10-5-4-9-19(20)16-40-24/h1-5,7-10,13-14,33-35H,6,11-12,15-17H2. The monoisotopic (exact) mass is 570 g/mol. The molecular weight excluding hydrogens is 544 g/mol. The van der Waals surface area contributed by atoms with Crippen LogP contribution in [0, 0.1) is 0 Å². The van der Waals surface area contributed by atoms with Crippen LogP contribution in [0.3, 0.4) is 0 Å². The Hall–Kier alpha value is -5.38. The van der Waals surface area contributed by atoms with E-state index >= 15 is 0 Å². The van der Waals surface area contributed by atoms with Gasteiger partial charge in [-0.1, -0.05) is 54.6 Å². The van der Waals surface area contributed by atoms with E-state index in [2.05, 4.69) is 0 Å². The van der Waals surface area contributed by atoms with E-state index in [4.69, 9.17) is 23.7 Å². The topological polar surface area (TPSA) is 141 Å². The predicted octanol–water partition coefficient (Wildman–Crippen LogP) is 5.24. The van der Waals surface area contributed by atoms with Crippen molar-refractivity contribution >= 4 is 11.9 Å². The van der Waals surface area contributed by atoms with Crippen molar-refractivity contribution in [3.8, 4) is 45.6 Å². The Balaban J connectivity index is 1.55. The Labute approximate surface area is 240 Å². The second-order valence-corrected chi connectivity index (χ2v) is 9.72. The molecule has 0 aromatic heterocycles. The molecule has 6 rings (SSSR count). The van der Waals surface area contributed by atoms with Gasteiger partial charge in [-0.25, -0.2) is 9.59 Å². The van der Waals surface area contributed by atoms with Crippen molar-refractivity contribution in [3.63, 3.8) is 0 Å². The van der Waals surface area contributed by atoms with Crippen LogP contribution in [-0.2, 0) is 29.3 Å². The molecule has 4 aromatic carbocycles. The molecule has 0 bridgehead atoms. The molecule has 42 heavy (non-hydrogen) atoms. The second-order valence-electron chi connectivity index (χ2n) is 9.72.